The number of hydrogen-bond acceptors (Lipinski definition) is 7. The molecule has 0 aliphatic carbocycles. The van der Waals surface area contributed by atoms with E-state index < -0.39 is 17.9 Å². The van der Waals surface area contributed by atoms with E-state index in [4.69, 9.17) is 15.2 Å². The maximum Gasteiger partial charge on any atom is 0.251 e. The van der Waals surface area contributed by atoms with E-state index in [0.717, 1.165) is 18.7 Å². The number of rotatable bonds is 21. The van der Waals surface area contributed by atoms with Gasteiger partial charge in [0.25, 0.3) is 5.91 Å². The second-order valence-electron chi connectivity index (χ2n) is 8.44. The first-order valence-corrected chi connectivity index (χ1v) is 12.7. The second kappa shape index (κ2) is 19.2. The summed E-state index contributed by atoms with van der Waals surface area (Å²) >= 11 is 0. The van der Waals surface area contributed by atoms with Gasteiger partial charge < -0.3 is 31.2 Å². The minimum absolute atomic E-state index is 0.160. The normalized spacial score (nSPS) is 11.5. The van der Waals surface area contributed by atoms with Crippen molar-refractivity contribution in [2.45, 2.75) is 64.8 Å². The van der Waals surface area contributed by atoms with Crippen LogP contribution in [0.1, 0.15) is 69.2 Å². The maximum atomic E-state index is 12.3. The van der Waals surface area contributed by atoms with Crippen molar-refractivity contribution < 1.29 is 28.7 Å². The number of nitrogens with two attached hydrogens (primary N) is 1. The van der Waals surface area contributed by atoms with E-state index in [1.165, 1.54) is 0 Å². The van der Waals surface area contributed by atoms with Crippen LogP contribution in [0.25, 0.3) is 0 Å². The number of amides is 3. The van der Waals surface area contributed by atoms with Crippen molar-refractivity contribution in [3.8, 4) is 0 Å². The summed E-state index contributed by atoms with van der Waals surface area (Å²) in [7, 11) is 0. The van der Waals surface area contributed by atoms with Crippen LogP contribution in [0, 0.1) is 0 Å². The lowest BCUT2D eigenvalue weighted by Gasteiger charge is -2.15. The van der Waals surface area contributed by atoms with Crippen molar-refractivity contribution in [1.29, 1.82) is 0 Å². The van der Waals surface area contributed by atoms with Gasteiger partial charge >= 0.3 is 0 Å². The van der Waals surface area contributed by atoms with Crippen molar-refractivity contribution in [2.24, 2.45) is 5.73 Å². The number of ether oxygens (including phenoxy) is 2. The SMILES string of the molecule is CCCNc1ccc(C(=O)NCCCC[C@@H](NC(=O)COCCOCCCC(=O)CC)C(N)=O)cc1. The predicted octanol–water partition coefficient (Wildman–Crippen LogP) is 2.17. The molecule has 1 aromatic carbocycles. The van der Waals surface area contributed by atoms with E-state index in [9.17, 15) is 19.2 Å². The number of Topliss-reactive ketones (excluding diaryl/α,β-unsaturated/α-hetero) is 1. The zero-order valence-corrected chi connectivity index (χ0v) is 21.6. The van der Waals surface area contributed by atoms with Crippen LogP contribution in [0.5, 0.6) is 0 Å². The topological polar surface area (TPSA) is 149 Å². The van der Waals surface area contributed by atoms with Gasteiger partial charge in [-0.05, 0) is 56.4 Å². The number of hydrogen-bond donors (Lipinski definition) is 4. The second-order valence-corrected chi connectivity index (χ2v) is 8.44. The summed E-state index contributed by atoms with van der Waals surface area (Å²) in [6.07, 6.45) is 4.34. The van der Waals surface area contributed by atoms with Crippen molar-refractivity contribution >= 4 is 29.2 Å². The zero-order chi connectivity index (χ0) is 26.6. The third-order valence-corrected chi connectivity index (χ3v) is 5.35. The van der Waals surface area contributed by atoms with Gasteiger partial charge in [0.1, 0.15) is 18.4 Å². The van der Waals surface area contributed by atoms with Gasteiger partial charge in [-0.25, -0.2) is 0 Å². The van der Waals surface area contributed by atoms with Crippen LogP contribution in [0.4, 0.5) is 5.69 Å². The van der Waals surface area contributed by atoms with E-state index in [1.807, 2.05) is 19.1 Å². The minimum atomic E-state index is -0.799. The summed E-state index contributed by atoms with van der Waals surface area (Å²) in [4.78, 5) is 47.2. The molecule has 0 fully saturated rings. The number of carbonyl (C=O) groups is 4. The molecule has 3 amide bonds. The summed E-state index contributed by atoms with van der Waals surface area (Å²) in [5, 5.41) is 8.70. The number of carbonyl (C=O) groups excluding carboxylic acids is 4. The lowest BCUT2D eigenvalue weighted by atomic mass is 10.1. The van der Waals surface area contributed by atoms with Crippen LogP contribution >= 0.6 is 0 Å². The highest BCUT2D eigenvalue weighted by molar-refractivity contribution is 5.94. The number of primary amides is 1. The number of ketones is 1. The van der Waals surface area contributed by atoms with E-state index in [0.29, 0.717) is 63.8 Å². The van der Waals surface area contributed by atoms with Gasteiger partial charge in [0, 0.05) is 43.8 Å². The van der Waals surface area contributed by atoms with Crippen molar-refractivity contribution in [2.75, 3.05) is 44.8 Å². The molecule has 0 radical (unpaired) electrons. The van der Waals surface area contributed by atoms with Gasteiger partial charge in [-0.2, -0.15) is 0 Å². The number of unbranched alkanes of at least 4 members (excludes halogenated alkanes) is 1. The molecule has 0 unspecified atom stereocenters. The summed E-state index contributed by atoms with van der Waals surface area (Å²) in [5.41, 5.74) is 6.96. The van der Waals surface area contributed by atoms with Crippen molar-refractivity contribution in [3.63, 3.8) is 0 Å². The number of nitrogens with one attached hydrogen (secondary N) is 3. The fraction of sp³-hybridized carbons (Fsp3) is 0.615. The van der Waals surface area contributed by atoms with E-state index >= 15 is 0 Å². The molecular formula is C26H42N4O6. The molecule has 1 atom stereocenters. The Bertz CT molecular complexity index is 800. The van der Waals surface area contributed by atoms with Crippen molar-refractivity contribution in [1.82, 2.24) is 10.6 Å². The first kappa shape index (κ1) is 31.1. The molecule has 10 nitrogen and oxygen atoms in total. The standard InChI is InChI=1S/C26H42N4O6/c1-3-14-28-21-12-10-20(11-13-21)26(34)29-15-6-5-9-23(25(27)33)30-24(32)19-36-18-17-35-16-7-8-22(31)4-2/h10-13,23,28H,3-9,14-19H2,1-2H3,(H2,27,33)(H,29,34)(H,30,32)/t23-/m1/s1. The van der Waals surface area contributed by atoms with Gasteiger partial charge in [-0.15, -0.1) is 0 Å². The Morgan fingerprint density at radius 2 is 1.64 bits per heavy atom. The summed E-state index contributed by atoms with van der Waals surface area (Å²) < 4.78 is 10.6. The third kappa shape index (κ3) is 14.4. The molecule has 0 aliphatic rings. The molecule has 1 rings (SSSR count). The molecule has 0 aromatic heterocycles. The quantitative estimate of drug-likeness (QED) is 0.187. The number of benzene rings is 1. The molecule has 0 saturated heterocycles. The first-order valence-electron chi connectivity index (χ1n) is 12.7. The van der Waals surface area contributed by atoms with Gasteiger partial charge in [0.05, 0.1) is 13.2 Å². The molecular weight excluding hydrogens is 464 g/mol. The van der Waals surface area contributed by atoms with Crippen LogP contribution in [0.3, 0.4) is 0 Å². The Labute approximate surface area is 214 Å². The van der Waals surface area contributed by atoms with E-state index in [1.54, 1.807) is 12.1 Å². The molecule has 0 aliphatic heterocycles. The lowest BCUT2D eigenvalue weighted by molar-refractivity contribution is -0.130. The highest BCUT2D eigenvalue weighted by Gasteiger charge is 2.17. The fourth-order valence-electron chi connectivity index (χ4n) is 3.24. The van der Waals surface area contributed by atoms with Gasteiger partial charge in [0.2, 0.25) is 11.8 Å². The molecule has 0 bridgehead atoms. The molecule has 5 N–H and O–H groups in total. The average molecular weight is 507 g/mol. The summed E-state index contributed by atoms with van der Waals surface area (Å²) in [6, 6.07) is 6.50. The van der Waals surface area contributed by atoms with E-state index in [-0.39, 0.29) is 24.9 Å². The molecule has 0 heterocycles. The Hall–Kier alpha value is -2.98. The summed E-state index contributed by atoms with van der Waals surface area (Å²) in [5.74, 6) is -0.999. The Kier molecular flexibility index (Phi) is 16.6. The Morgan fingerprint density at radius 1 is 0.917 bits per heavy atom. The van der Waals surface area contributed by atoms with Gasteiger partial charge in [-0.3, -0.25) is 19.2 Å². The zero-order valence-electron chi connectivity index (χ0n) is 21.6. The van der Waals surface area contributed by atoms with Gasteiger partial charge in [0.15, 0.2) is 0 Å². The highest BCUT2D eigenvalue weighted by atomic mass is 16.5. The smallest absolute Gasteiger partial charge is 0.251 e. The Balaban J connectivity index is 2.17. The third-order valence-electron chi connectivity index (χ3n) is 5.35. The molecule has 202 valence electrons. The summed E-state index contributed by atoms with van der Waals surface area (Å²) in [6.45, 7) is 6.06. The fourth-order valence-corrected chi connectivity index (χ4v) is 3.24. The van der Waals surface area contributed by atoms with Crippen LogP contribution in [-0.2, 0) is 23.9 Å². The minimum Gasteiger partial charge on any atom is -0.385 e. The van der Waals surface area contributed by atoms with Gasteiger partial charge in [-0.1, -0.05) is 13.8 Å². The predicted molar refractivity (Wildman–Crippen MR) is 139 cm³/mol. The Morgan fingerprint density at radius 3 is 2.31 bits per heavy atom. The highest BCUT2D eigenvalue weighted by Crippen LogP contribution is 2.09. The largest absolute Gasteiger partial charge is 0.385 e. The molecule has 10 heteroatoms. The average Bonchev–Trinajstić information content (AvgIpc) is 2.87. The van der Waals surface area contributed by atoms with Crippen LogP contribution in [0.15, 0.2) is 24.3 Å². The lowest BCUT2D eigenvalue weighted by Crippen LogP contribution is -2.45. The molecule has 36 heavy (non-hydrogen) atoms. The van der Waals surface area contributed by atoms with Crippen LogP contribution < -0.4 is 21.7 Å². The van der Waals surface area contributed by atoms with Crippen LogP contribution in [-0.4, -0.2) is 69.1 Å². The maximum absolute atomic E-state index is 12.3. The van der Waals surface area contributed by atoms with Crippen LogP contribution in [0.2, 0.25) is 0 Å². The molecule has 0 saturated carbocycles. The first-order chi connectivity index (χ1) is 17.4. The molecule has 0 spiro atoms. The number of anilines is 1. The van der Waals surface area contributed by atoms with Crippen molar-refractivity contribution in [3.05, 3.63) is 29.8 Å². The monoisotopic (exact) mass is 506 g/mol. The van der Waals surface area contributed by atoms with E-state index in [2.05, 4.69) is 22.9 Å². The molecule has 1 aromatic rings.